The van der Waals surface area contributed by atoms with Gasteiger partial charge in [-0.1, -0.05) is 28.1 Å². The second-order valence-corrected chi connectivity index (χ2v) is 5.31. The second kappa shape index (κ2) is 5.48. The van der Waals surface area contributed by atoms with Crippen molar-refractivity contribution in [1.29, 1.82) is 0 Å². The molecule has 0 bridgehead atoms. The van der Waals surface area contributed by atoms with Crippen LogP contribution < -0.4 is 5.32 Å². The number of aromatic nitrogens is 2. The molecule has 4 heteroatoms. The number of anilines is 1. The summed E-state index contributed by atoms with van der Waals surface area (Å²) < 4.78 is 1.08. The first-order chi connectivity index (χ1) is 8.54. The fourth-order valence-corrected chi connectivity index (χ4v) is 2.08. The molecular weight excluding hydrogens is 290 g/mol. The van der Waals surface area contributed by atoms with E-state index < -0.39 is 0 Å². The average Bonchev–Trinajstić information content (AvgIpc) is 2.28. The molecule has 0 spiro atoms. The standard InChI is InChI=1S/C14H16BrN3/c1-9-8-10(2)17-14(16-9)18-11(3)12-4-6-13(15)7-5-12/h4-8,11H,1-3H3,(H,16,17,18). The predicted molar refractivity (Wildman–Crippen MR) is 77.7 cm³/mol. The summed E-state index contributed by atoms with van der Waals surface area (Å²) in [5, 5.41) is 3.32. The molecular formula is C14H16BrN3. The molecule has 1 atom stereocenters. The molecule has 0 saturated carbocycles. The van der Waals surface area contributed by atoms with Crippen LogP contribution in [0.5, 0.6) is 0 Å². The van der Waals surface area contributed by atoms with Crippen LogP contribution >= 0.6 is 15.9 Å². The largest absolute Gasteiger partial charge is 0.348 e. The SMILES string of the molecule is Cc1cc(C)nc(NC(C)c2ccc(Br)cc2)n1. The van der Waals surface area contributed by atoms with Crippen LogP contribution in [0.25, 0.3) is 0 Å². The lowest BCUT2D eigenvalue weighted by Crippen LogP contribution is -2.10. The summed E-state index contributed by atoms with van der Waals surface area (Å²) in [7, 11) is 0. The van der Waals surface area contributed by atoms with Crippen LogP contribution in [-0.4, -0.2) is 9.97 Å². The second-order valence-electron chi connectivity index (χ2n) is 4.39. The molecule has 0 saturated heterocycles. The van der Waals surface area contributed by atoms with Crippen LogP contribution in [0.1, 0.15) is 29.9 Å². The number of hydrogen-bond donors (Lipinski definition) is 1. The summed E-state index contributed by atoms with van der Waals surface area (Å²) in [5.74, 6) is 0.683. The molecule has 1 aromatic carbocycles. The van der Waals surface area contributed by atoms with Gasteiger partial charge in [0.05, 0.1) is 6.04 Å². The lowest BCUT2D eigenvalue weighted by molar-refractivity contribution is 0.852. The van der Waals surface area contributed by atoms with Gasteiger partial charge in [0.15, 0.2) is 0 Å². The van der Waals surface area contributed by atoms with Gasteiger partial charge in [-0.2, -0.15) is 0 Å². The Hall–Kier alpha value is -1.42. The Morgan fingerprint density at radius 1 is 1.06 bits per heavy atom. The topological polar surface area (TPSA) is 37.8 Å². The minimum absolute atomic E-state index is 0.180. The first-order valence-corrected chi connectivity index (χ1v) is 6.68. The Kier molecular flexibility index (Phi) is 3.97. The van der Waals surface area contributed by atoms with Crippen molar-refractivity contribution in [3.63, 3.8) is 0 Å². The Morgan fingerprint density at radius 3 is 2.17 bits per heavy atom. The molecule has 0 aliphatic carbocycles. The number of hydrogen-bond acceptors (Lipinski definition) is 3. The normalized spacial score (nSPS) is 12.2. The molecule has 0 fully saturated rings. The first-order valence-electron chi connectivity index (χ1n) is 5.89. The number of nitrogens with zero attached hydrogens (tertiary/aromatic N) is 2. The minimum Gasteiger partial charge on any atom is -0.348 e. The fraction of sp³-hybridized carbons (Fsp3) is 0.286. The Morgan fingerprint density at radius 2 is 1.61 bits per heavy atom. The number of benzene rings is 1. The highest BCUT2D eigenvalue weighted by Gasteiger charge is 2.07. The van der Waals surface area contributed by atoms with Gasteiger partial charge in [-0.25, -0.2) is 9.97 Å². The quantitative estimate of drug-likeness (QED) is 0.930. The smallest absolute Gasteiger partial charge is 0.223 e. The van der Waals surface area contributed by atoms with Gasteiger partial charge in [-0.3, -0.25) is 0 Å². The highest BCUT2D eigenvalue weighted by molar-refractivity contribution is 9.10. The van der Waals surface area contributed by atoms with Crippen molar-refractivity contribution in [2.24, 2.45) is 0 Å². The van der Waals surface area contributed by atoms with Crippen molar-refractivity contribution in [3.8, 4) is 0 Å². The van der Waals surface area contributed by atoms with Gasteiger partial charge in [0.2, 0.25) is 5.95 Å². The van der Waals surface area contributed by atoms with Gasteiger partial charge in [0, 0.05) is 15.9 Å². The highest BCUT2D eigenvalue weighted by Crippen LogP contribution is 2.19. The molecule has 1 heterocycles. The zero-order chi connectivity index (χ0) is 13.1. The van der Waals surface area contributed by atoms with Crippen LogP contribution in [0.2, 0.25) is 0 Å². The molecule has 1 unspecified atom stereocenters. The summed E-state index contributed by atoms with van der Waals surface area (Å²) in [6.45, 7) is 6.05. The van der Waals surface area contributed by atoms with Crippen molar-refractivity contribution in [2.75, 3.05) is 5.32 Å². The predicted octanol–water partition coefficient (Wildman–Crippen LogP) is 4.03. The average molecular weight is 306 g/mol. The van der Waals surface area contributed by atoms with E-state index in [1.807, 2.05) is 32.0 Å². The lowest BCUT2D eigenvalue weighted by atomic mass is 10.1. The maximum atomic E-state index is 4.39. The molecule has 18 heavy (non-hydrogen) atoms. The summed E-state index contributed by atoms with van der Waals surface area (Å²) >= 11 is 3.44. The zero-order valence-electron chi connectivity index (χ0n) is 10.7. The van der Waals surface area contributed by atoms with E-state index in [9.17, 15) is 0 Å². The van der Waals surface area contributed by atoms with Gasteiger partial charge in [-0.15, -0.1) is 0 Å². The van der Waals surface area contributed by atoms with Crippen LogP contribution in [-0.2, 0) is 0 Å². The van der Waals surface area contributed by atoms with E-state index in [4.69, 9.17) is 0 Å². The molecule has 1 N–H and O–H groups in total. The van der Waals surface area contributed by atoms with Gasteiger partial charge in [0.1, 0.15) is 0 Å². The monoisotopic (exact) mass is 305 g/mol. The fourth-order valence-electron chi connectivity index (χ4n) is 1.82. The number of rotatable bonds is 3. The summed E-state index contributed by atoms with van der Waals surface area (Å²) in [5.41, 5.74) is 3.17. The van der Waals surface area contributed by atoms with Crippen molar-refractivity contribution in [1.82, 2.24) is 9.97 Å². The molecule has 0 radical (unpaired) electrons. The summed E-state index contributed by atoms with van der Waals surface area (Å²) in [6, 6.07) is 10.4. The maximum absolute atomic E-state index is 4.39. The molecule has 94 valence electrons. The van der Waals surface area contributed by atoms with Crippen LogP contribution in [0.3, 0.4) is 0 Å². The van der Waals surface area contributed by atoms with Gasteiger partial charge < -0.3 is 5.32 Å². The van der Waals surface area contributed by atoms with E-state index >= 15 is 0 Å². The molecule has 0 amide bonds. The molecule has 1 aromatic heterocycles. The van der Waals surface area contributed by atoms with Crippen LogP contribution in [0.15, 0.2) is 34.8 Å². The third-order valence-corrected chi connectivity index (χ3v) is 3.23. The van der Waals surface area contributed by atoms with E-state index in [-0.39, 0.29) is 6.04 Å². The highest BCUT2D eigenvalue weighted by atomic mass is 79.9. The molecule has 0 aliphatic rings. The summed E-state index contributed by atoms with van der Waals surface area (Å²) in [6.07, 6.45) is 0. The minimum atomic E-state index is 0.180. The Labute approximate surface area is 116 Å². The molecule has 2 rings (SSSR count). The van der Waals surface area contributed by atoms with E-state index in [1.54, 1.807) is 0 Å². The zero-order valence-corrected chi connectivity index (χ0v) is 12.3. The van der Waals surface area contributed by atoms with Gasteiger partial charge in [0.25, 0.3) is 0 Å². The maximum Gasteiger partial charge on any atom is 0.223 e. The van der Waals surface area contributed by atoms with Crippen molar-refractivity contribution < 1.29 is 0 Å². The van der Waals surface area contributed by atoms with Crippen molar-refractivity contribution in [3.05, 3.63) is 51.8 Å². The van der Waals surface area contributed by atoms with Gasteiger partial charge in [-0.05, 0) is 44.5 Å². The first kappa shape index (κ1) is 13.0. The number of halogens is 1. The third-order valence-electron chi connectivity index (χ3n) is 2.70. The Balaban J connectivity index is 2.15. The number of nitrogens with one attached hydrogen (secondary N) is 1. The van der Waals surface area contributed by atoms with E-state index in [2.05, 4.69) is 50.3 Å². The van der Waals surface area contributed by atoms with E-state index in [0.29, 0.717) is 5.95 Å². The summed E-state index contributed by atoms with van der Waals surface area (Å²) in [4.78, 5) is 8.77. The molecule has 2 aromatic rings. The lowest BCUT2D eigenvalue weighted by Gasteiger charge is -2.15. The molecule has 0 aliphatic heterocycles. The third kappa shape index (κ3) is 3.29. The van der Waals surface area contributed by atoms with Gasteiger partial charge >= 0.3 is 0 Å². The van der Waals surface area contributed by atoms with Crippen LogP contribution in [0, 0.1) is 13.8 Å². The van der Waals surface area contributed by atoms with E-state index in [1.165, 1.54) is 5.56 Å². The Bertz CT molecular complexity index is 517. The van der Waals surface area contributed by atoms with Crippen molar-refractivity contribution >= 4 is 21.9 Å². The van der Waals surface area contributed by atoms with E-state index in [0.717, 1.165) is 15.9 Å². The number of aryl methyl sites for hydroxylation is 2. The van der Waals surface area contributed by atoms with Crippen molar-refractivity contribution in [2.45, 2.75) is 26.8 Å². The molecule has 3 nitrogen and oxygen atoms in total. The van der Waals surface area contributed by atoms with Crippen LogP contribution in [0.4, 0.5) is 5.95 Å².